The van der Waals surface area contributed by atoms with E-state index in [1.165, 1.54) is 20.3 Å². The third kappa shape index (κ3) is 8.11. The Balaban J connectivity index is 1.02. The van der Waals surface area contributed by atoms with E-state index in [1.54, 1.807) is 29.3 Å². The average Bonchev–Trinajstić information content (AvgIpc) is 4.10. The Morgan fingerprint density at radius 3 is 2.41 bits per heavy atom. The second-order valence-electron chi connectivity index (χ2n) is 16.2. The standard InChI is InChI=1S/C46H49FN8O6/c1-25(2)26(3)54(39(56)23-49-45(58)60-4)24-38-50-36-18-14-30-19-28(12-16-33(30)41(36)52-38)29-13-17-34(35(47)21-29)37-22-48-43(51-37)42-31-11-15-32(20-31)55(42)44(57)40(53-46(59)61-5)27-9-7-6-8-10-27/h6-10,12-14,16-19,21-22,25-26,31-32,40,42H,11,15,20,23-24H2,1-5H3,(H,48,51)(H,49,58)(H,50,52)(H,53,59)/t26-,31+,32-,40-,42+/m1/s1. The van der Waals surface area contributed by atoms with Crippen LogP contribution in [0.4, 0.5) is 14.0 Å². The lowest BCUT2D eigenvalue weighted by molar-refractivity contribution is -0.138. The Labute approximate surface area is 352 Å². The van der Waals surface area contributed by atoms with Crippen molar-refractivity contribution >= 4 is 45.8 Å². The number of imidazole rings is 2. The molecule has 4 aromatic carbocycles. The van der Waals surface area contributed by atoms with E-state index in [0.717, 1.165) is 46.6 Å². The minimum atomic E-state index is -0.941. The normalized spacial score (nSPS) is 18.0. The van der Waals surface area contributed by atoms with E-state index >= 15 is 4.39 Å². The molecule has 15 heteroatoms. The number of carbonyl (C=O) groups excluding carboxylic acids is 4. The minimum absolute atomic E-state index is 0.00572. The zero-order chi connectivity index (χ0) is 42.9. The number of nitrogens with zero attached hydrogens (tertiary/aromatic N) is 4. The molecule has 3 heterocycles. The summed E-state index contributed by atoms with van der Waals surface area (Å²) in [6.07, 6.45) is 2.85. The van der Waals surface area contributed by atoms with Crippen molar-refractivity contribution in [3.8, 4) is 22.4 Å². The van der Waals surface area contributed by atoms with E-state index in [4.69, 9.17) is 14.7 Å². The second kappa shape index (κ2) is 17.1. The van der Waals surface area contributed by atoms with Gasteiger partial charge in [0, 0.05) is 23.0 Å². The van der Waals surface area contributed by atoms with Crippen molar-refractivity contribution in [2.24, 2.45) is 11.8 Å². The van der Waals surface area contributed by atoms with E-state index in [-0.39, 0.29) is 54.9 Å². The third-order valence-electron chi connectivity index (χ3n) is 12.3. The summed E-state index contributed by atoms with van der Waals surface area (Å²) in [7, 11) is 2.52. The van der Waals surface area contributed by atoms with Crippen LogP contribution in [0.3, 0.4) is 0 Å². The van der Waals surface area contributed by atoms with Gasteiger partial charge in [-0.2, -0.15) is 0 Å². The lowest BCUT2D eigenvalue weighted by Crippen LogP contribution is -2.47. The van der Waals surface area contributed by atoms with Crippen molar-refractivity contribution in [3.63, 3.8) is 0 Å². The van der Waals surface area contributed by atoms with Crippen molar-refractivity contribution in [1.82, 2.24) is 40.4 Å². The Morgan fingerprint density at radius 2 is 1.67 bits per heavy atom. The van der Waals surface area contributed by atoms with E-state index < -0.39 is 24.0 Å². The molecule has 6 aromatic rings. The molecule has 316 valence electrons. The van der Waals surface area contributed by atoms with Gasteiger partial charge in [0.1, 0.15) is 30.1 Å². The van der Waals surface area contributed by atoms with Crippen LogP contribution in [0.5, 0.6) is 0 Å². The van der Waals surface area contributed by atoms with Crippen LogP contribution in [0.25, 0.3) is 44.2 Å². The number of benzene rings is 4. The van der Waals surface area contributed by atoms with Crippen molar-refractivity contribution in [1.29, 1.82) is 0 Å². The summed E-state index contributed by atoms with van der Waals surface area (Å²) in [5, 5.41) is 7.05. The van der Waals surface area contributed by atoms with Crippen molar-refractivity contribution < 1.29 is 33.0 Å². The molecule has 2 aromatic heterocycles. The van der Waals surface area contributed by atoms with Gasteiger partial charge in [-0.3, -0.25) is 9.59 Å². The zero-order valence-electron chi connectivity index (χ0n) is 34.7. The van der Waals surface area contributed by atoms with E-state index in [1.807, 2.05) is 80.3 Å². The van der Waals surface area contributed by atoms with Gasteiger partial charge >= 0.3 is 12.2 Å². The molecule has 2 bridgehead atoms. The van der Waals surface area contributed by atoms with Gasteiger partial charge in [-0.15, -0.1) is 0 Å². The highest BCUT2D eigenvalue weighted by molar-refractivity contribution is 6.05. The Kier molecular flexibility index (Phi) is 11.5. The zero-order valence-corrected chi connectivity index (χ0v) is 34.7. The molecule has 1 aliphatic heterocycles. The molecule has 0 radical (unpaired) electrons. The number of aromatic nitrogens is 4. The maximum Gasteiger partial charge on any atom is 0.407 e. The van der Waals surface area contributed by atoms with Crippen LogP contribution in [0, 0.1) is 17.7 Å². The predicted molar refractivity (Wildman–Crippen MR) is 227 cm³/mol. The number of halogens is 1. The van der Waals surface area contributed by atoms with Crippen molar-refractivity contribution in [2.75, 3.05) is 20.8 Å². The Bertz CT molecular complexity index is 2610. The molecule has 1 saturated carbocycles. The van der Waals surface area contributed by atoms with Crippen LogP contribution in [0.15, 0.2) is 85.1 Å². The topological polar surface area (TPSA) is 175 Å². The van der Waals surface area contributed by atoms with Crippen LogP contribution in [-0.4, -0.2) is 86.6 Å². The van der Waals surface area contributed by atoms with Gasteiger partial charge < -0.3 is 39.9 Å². The number of alkyl carbamates (subject to hydrolysis) is 2. The highest BCUT2D eigenvalue weighted by Crippen LogP contribution is 2.50. The number of amides is 4. The fraction of sp³-hybridized carbons (Fsp3) is 0.348. The van der Waals surface area contributed by atoms with Crippen LogP contribution >= 0.6 is 0 Å². The average molecular weight is 829 g/mol. The van der Waals surface area contributed by atoms with Crippen LogP contribution in [0.1, 0.15) is 69.3 Å². The van der Waals surface area contributed by atoms with Gasteiger partial charge in [0.05, 0.1) is 49.7 Å². The Hall–Kier alpha value is -6.77. The van der Waals surface area contributed by atoms with Gasteiger partial charge in [0.15, 0.2) is 0 Å². The smallest absolute Gasteiger partial charge is 0.407 e. The summed E-state index contributed by atoms with van der Waals surface area (Å²) >= 11 is 0. The molecule has 4 N–H and O–H groups in total. The van der Waals surface area contributed by atoms with Gasteiger partial charge in [-0.1, -0.05) is 68.4 Å². The van der Waals surface area contributed by atoms with Gasteiger partial charge in [-0.25, -0.2) is 23.9 Å². The van der Waals surface area contributed by atoms with Gasteiger partial charge in [0.2, 0.25) is 5.91 Å². The molecule has 61 heavy (non-hydrogen) atoms. The predicted octanol–water partition coefficient (Wildman–Crippen LogP) is 7.79. The number of methoxy groups -OCH3 is 2. The molecule has 1 aliphatic carbocycles. The molecule has 0 unspecified atom stereocenters. The quantitative estimate of drug-likeness (QED) is 0.0967. The SMILES string of the molecule is COC(=O)NCC(=O)N(Cc1nc2ccc3cc(-c4ccc(-c5cnc([C@@H]6[C@H]7CC[C@H](C7)N6C(=O)[C@H](NC(=O)OC)c6ccccc6)[nH]5)c(F)c4)ccc3c2[nH]1)[C@H](C)C(C)C. The van der Waals surface area contributed by atoms with Gasteiger partial charge in [0.25, 0.3) is 5.91 Å². The van der Waals surface area contributed by atoms with Crippen molar-refractivity contribution in [2.45, 2.75) is 70.7 Å². The minimum Gasteiger partial charge on any atom is -0.453 e. The number of nitrogens with one attached hydrogen (secondary N) is 4. The number of hydrogen-bond acceptors (Lipinski definition) is 8. The fourth-order valence-corrected chi connectivity index (χ4v) is 8.87. The number of H-pyrrole nitrogens is 2. The lowest BCUT2D eigenvalue weighted by atomic mass is 9.96. The van der Waals surface area contributed by atoms with Gasteiger partial charge in [-0.05, 0) is 84.4 Å². The molecular weight excluding hydrogens is 780 g/mol. The molecule has 2 aliphatic rings. The summed E-state index contributed by atoms with van der Waals surface area (Å²) in [6, 6.07) is 22.6. The molecule has 4 amide bonds. The Morgan fingerprint density at radius 1 is 0.918 bits per heavy atom. The largest absolute Gasteiger partial charge is 0.453 e. The maximum absolute atomic E-state index is 16.1. The maximum atomic E-state index is 16.1. The summed E-state index contributed by atoms with van der Waals surface area (Å²) in [5.41, 5.74) is 4.58. The second-order valence-corrected chi connectivity index (χ2v) is 16.2. The fourth-order valence-electron chi connectivity index (χ4n) is 8.87. The summed E-state index contributed by atoms with van der Waals surface area (Å²) in [6.45, 7) is 6.06. The van der Waals surface area contributed by atoms with E-state index in [2.05, 4.69) is 25.3 Å². The van der Waals surface area contributed by atoms with Crippen molar-refractivity contribution in [3.05, 3.63) is 108 Å². The number of piperidine rings is 1. The number of fused-ring (bicyclic) bond motifs is 5. The first-order valence-electron chi connectivity index (χ1n) is 20.5. The monoisotopic (exact) mass is 828 g/mol. The number of carbonyl (C=O) groups is 4. The molecule has 5 atom stereocenters. The first-order valence-corrected chi connectivity index (χ1v) is 20.5. The van der Waals surface area contributed by atoms with E-state index in [0.29, 0.717) is 34.0 Å². The van der Waals surface area contributed by atoms with Crippen LogP contribution in [0.2, 0.25) is 0 Å². The van der Waals surface area contributed by atoms with Crippen LogP contribution < -0.4 is 10.6 Å². The molecule has 1 saturated heterocycles. The summed E-state index contributed by atoms with van der Waals surface area (Å²) < 4.78 is 25.6. The first kappa shape index (κ1) is 41.0. The molecular formula is C46H49FN8O6. The summed E-state index contributed by atoms with van der Waals surface area (Å²) in [5.74, 6) is 0.599. The third-order valence-corrected chi connectivity index (χ3v) is 12.3. The number of likely N-dealkylation sites (tertiary alicyclic amines) is 1. The lowest BCUT2D eigenvalue weighted by Gasteiger charge is -2.36. The number of aromatic amines is 2. The molecule has 2 fully saturated rings. The number of hydrogen-bond donors (Lipinski definition) is 4. The molecule has 8 rings (SSSR count). The first-order chi connectivity index (χ1) is 29.4. The van der Waals surface area contributed by atoms with E-state index in [9.17, 15) is 19.2 Å². The molecule has 14 nitrogen and oxygen atoms in total. The highest BCUT2D eigenvalue weighted by atomic mass is 19.1. The number of ether oxygens (including phenoxy) is 2. The highest BCUT2D eigenvalue weighted by Gasteiger charge is 2.51. The van der Waals surface area contributed by atoms with Crippen LogP contribution in [-0.2, 0) is 25.6 Å². The molecule has 0 spiro atoms. The number of rotatable bonds is 12. The summed E-state index contributed by atoms with van der Waals surface area (Å²) in [4.78, 5) is 71.3.